The van der Waals surface area contributed by atoms with Gasteiger partial charge in [0.15, 0.2) is 0 Å². The van der Waals surface area contributed by atoms with Crippen LogP contribution < -0.4 is 5.32 Å². The van der Waals surface area contributed by atoms with Crippen LogP contribution in [0, 0.1) is 0 Å². The Morgan fingerprint density at radius 3 is 2.78 bits per heavy atom. The third-order valence-corrected chi connectivity index (χ3v) is 4.90. The van der Waals surface area contributed by atoms with E-state index >= 15 is 0 Å². The molecule has 0 saturated carbocycles. The molecule has 0 atom stereocenters. The number of fused-ring (bicyclic) bond motifs is 1. The molecule has 2 N–H and O–H groups in total. The van der Waals surface area contributed by atoms with E-state index in [-0.39, 0.29) is 12.5 Å². The molecule has 0 unspecified atom stereocenters. The largest absolute Gasteiger partial charge is 0.396 e. The number of carbonyl (C=O) groups is 1. The first-order valence-electron chi connectivity index (χ1n) is 8.84. The molecule has 142 valence electrons. The van der Waals surface area contributed by atoms with Crippen LogP contribution in [0.1, 0.15) is 24.2 Å². The van der Waals surface area contributed by atoms with Gasteiger partial charge in [-0.2, -0.15) is 0 Å². The maximum atomic E-state index is 11.7. The lowest BCUT2D eigenvalue weighted by Crippen LogP contribution is -2.26. The number of para-hydroxylation sites is 2. The predicted octanol–water partition coefficient (Wildman–Crippen LogP) is 3.82. The zero-order chi connectivity index (χ0) is 19.2. The topological polar surface area (TPSA) is 67.2 Å². The van der Waals surface area contributed by atoms with Crippen LogP contribution in [0.3, 0.4) is 0 Å². The minimum Gasteiger partial charge on any atom is -0.396 e. The summed E-state index contributed by atoms with van der Waals surface area (Å²) >= 11 is 12.3. The van der Waals surface area contributed by atoms with E-state index in [0.29, 0.717) is 42.4 Å². The summed E-state index contributed by atoms with van der Waals surface area (Å²) in [5.41, 5.74) is 2.88. The van der Waals surface area contributed by atoms with Gasteiger partial charge in [-0.3, -0.25) is 4.79 Å². The van der Waals surface area contributed by atoms with E-state index < -0.39 is 0 Å². The van der Waals surface area contributed by atoms with E-state index in [4.69, 9.17) is 33.3 Å². The molecule has 0 saturated heterocycles. The number of rotatable bonds is 8. The second kappa shape index (κ2) is 9.22. The summed E-state index contributed by atoms with van der Waals surface area (Å²) in [6.07, 6.45) is 1.40. The van der Waals surface area contributed by atoms with Crippen LogP contribution in [-0.2, 0) is 17.8 Å². The van der Waals surface area contributed by atoms with Crippen LogP contribution in [0.15, 0.2) is 42.5 Å². The molecule has 1 heterocycles. The lowest BCUT2D eigenvalue weighted by atomic mass is 10.2. The number of halogens is 2. The summed E-state index contributed by atoms with van der Waals surface area (Å²) in [7, 11) is 0. The monoisotopic (exact) mass is 405 g/mol. The van der Waals surface area contributed by atoms with Crippen LogP contribution in [0.25, 0.3) is 11.0 Å². The molecule has 0 aliphatic heterocycles. The number of nitrogens with zero attached hydrogens (tertiary/aromatic N) is 2. The molecule has 5 nitrogen and oxygen atoms in total. The van der Waals surface area contributed by atoms with Crippen molar-refractivity contribution in [3.05, 3.63) is 63.9 Å². The first-order chi connectivity index (χ1) is 13.1. The Morgan fingerprint density at radius 2 is 2.00 bits per heavy atom. The lowest BCUT2D eigenvalue weighted by molar-refractivity contribution is -0.121. The molecule has 3 aromatic rings. The summed E-state index contributed by atoms with van der Waals surface area (Å²) in [5, 5.41) is 12.9. The molecule has 27 heavy (non-hydrogen) atoms. The number of carbonyl (C=O) groups excluding carboxylic acids is 1. The summed E-state index contributed by atoms with van der Waals surface area (Å²) < 4.78 is 2.12. The number of hydrogen-bond acceptors (Lipinski definition) is 3. The van der Waals surface area contributed by atoms with Gasteiger partial charge >= 0.3 is 0 Å². The van der Waals surface area contributed by atoms with Crippen molar-refractivity contribution in [2.45, 2.75) is 25.8 Å². The first kappa shape index (κ1) is 19.7. The molecule has 7 heteroatoms. The Morgan fingerprint density at radius 1 is 1.19 bits per heavy atom. The van der Waals surface area contributed by atoms with E-state index in [1.165, 1.54) is 0 Å². The molecule has 3 rings (SSSR count). The second-order valence-electron chi connectivity index (χ2n) is 6.27. The zero-order valence-electron chi connectivity index (χ0n) is 14.8. The summed E-state index contributed by atoms with van der Waals surface area (Å²) in [6.45, 7) is 1.08. The van der Waals surface area contributed by atoms with Crippen molar-refractivity contribution < 1.29 is 9.90 Å². The number of aromatic nitrogens is 2. The molecule has 0 fully saturated rings. The number of amides is 1. The third-order valence-electron chi connectivity index (χ3n) is 4.31. The maximum Gasteiger partial charge on any atom is 0.220 e. The number of benzene rings is 2. The molecular formula is C20H21Cl2N3O2. The van der Waals surface area contributed by atoms with Gasteiger partial charge in [-0.05, 0) is 36.2 Å². The van der Waals surface area contributed by atoms with Crippen molar-refractivity contribution in [1.29, 1.82) is 0 Å². The van der Waals surface area contributed by atoms with Crippen LogP contribution in [-0.4, -0.2) is 33.7 Å². The van der Waals surface area contributed by atoms with Gasteiger partial charge < -0.3 is 15.0 Å². The van der Waals surface area contributed by atoms with Gasteiger partial charge in [0.1, 0.15) is 5.82 Å². The van der Waals surface area contributed by atoms with Crippen LogP contribution in [0.5, 0.6) is 0 Å². The van der Waals surface area contributed by atoms with Crippen molar-refractivity contribution in [2.75, 3.05) is 13.2 Å². The fourth-order valence-electron chi connectivity index (χ4n) is 2.95. The normalized spacial score (nSPS) is 11.1. The van der Waals surface area contributed by atoms with Crippen molar-refractivity contribution in [2.24, 2.45) is 0 Å². The molecule has 0 spiro atoms. The summed E-state index contributed by atoms with van der Waals surface area (Å²) in [5.74, 6) is 0.817. The number of hydrogen-bond donors (Lipinski definition) is 2. The Kier molecular flexibility index (Phi) is 6.72. The number of imidazole rings is 1. The second-order valence-corrected chi connectivity index (χ2v) is 7.11. The molecule has 0 aliphatic rings. The van der Waals surface area contributed by atoms with E-state index in [1.807, 2.05) is 36.4 Å². The molecule has 2 aromatic carbocycles. The van der Waals surface area contributed by atoms with E-state index in [2.05, 4.69) is 9.88 Å². The van der Waals surface area contributed by atoms with Gasteiger partial charge in [0.25, 0.3) is 0 Å². The summed E-state index contributed by atoms with van der Waals surface area (Å²) in [6, 6.07) is 13.4. The Labute approximate surface area is 167 Å². The van der Waals surface area contributed by atoms with Crippen molar-refractivity contribution in [3.8, 4) is 0 Å². The highest BCUT2D eigenvalue weighted by atomic mass is 35.5. The molecule has 0 aliphatic carbocycles. The fraction of sp³-hybridized carbons (Fsp3) is 0.300. The molecule has 0 radical (unpaired) electrons. The highest BCUT2D eigenvalue weighted by molar-refractivity contribution is 6.35. The average molecular weight is 406 g/mol. The number of aliphatic hydroxyl groups excluding tert-OH is 1. The number of aliphatic hydroxyl groups is 1. The van der Waals surface area contributed by atoms with Crippen LogP contribution in [0.2, 0.25) is 10.0 Å². The Bertz CT molecular complexity index is 940. The smallest absolute Gasteiger partial charge is 0.220 e. The molecule has 1 amide bonds. The molecule has 0 bridgehead atoms. The Hall–Kier alpha value is -2.08. The SMILES string of the molecule is O=C(CCCO)NCCc1nc2ccccc2n1Cc1ccc(Cl)cc1Cl. The highest BCUT2D eigenvalue weighted by Crippen LogP contribution is 2.24. The van der Waals surface area contributed by atoms with Crippen LogP contribution in [0.4, 0.5) is 0 Å². The zero-order valence-corrected chi connectivity index (χ0v) is 16.3. The average Bonchev–Trinajstić information content (AvgIpc) is 3.00. The van der Waals surface area contributed by atoms with Gasteiger partial charge in [0.05, 0.1) is 17.6 Å². The Balaban J connectivity index is 1.80. The van der Waals surface area contributed by atoms with Crippen molar-refractivity contribution in [1.82, 2.24) is 14.9 Å². The van der Waals surface area contributed by atoms with Gasteiger partial charge in [0.2, 0.25) is 5.91 Å². The van der Waals surface area contributed by atoms with Gasteiger partial charge in [-0.15, -0.1) is 0 Å². The van der Waals surface area contributed by atoms with Crippen molar-refractivity contribution >= 4 is 40.1 Å². The minimum absolute atomic E-state index is 0.0189. The standard InChI is InChI=1S/C20H21Cl2N3O2/c21-15-8-7-14(16(22)12-15)13-25-18-5-2-1-4-17(18)24-19(25)9-10-23-20(27)6-3-11-26/h1-2,4-5,7-8,12,26H,3,6,9-11,13H2,(H,23,27). The fourth-order valence-corrected chi connectivity index (χ4v) is 3.42. The van der Waals surface area contributed by atoms with Crippen molar-refractivity contribution in [3.63, 3.8) is 0 Å². The minimum atomic E-state index is -0.0625. The summed E-state index contributed by atoms with van der Waals surface area (Å²) in [4.78, 5) is 16.5. The molecular weight excluding hydrogens is 385 g/mol. The molecule has 1 aromatic heterocycles. The predicted molar refractivity (Wildman–Crippen MR) is 108 cm³/mol. The van der Waals surface area contributed by atoms with E-state index in [1.54, 1.807) is 6.07 Å². The quantitative estimate of drug-likeness (QED) is 0.598. The van der Waals surface area contributed by atoms with Gasteiger partial charge in [0, 0.05) is 36.0 Å². The van der Waals surface area contributed by atoms with Crippen LogP contribution >= 0.6 is 23.2 Å². The highest BCUT2D eigenvalue weighted by Gasteiger charge is 2.13. The van der Waals surface area contributed by atoms with E-state index in [0.717, 1.165) is 22.4 Å². The third kappa shape index (κ3) is 5.01. The maximum absolute atomic E-state index is 11.7. The lowest BCUT2D eigenvalue weighted by Gasteiger charge is -2.11. The van der Waals surface area contributed by atoms with E-state index in [9.17, 15) is 4.79 Å². The van der Waals surface area contributed by atoms with Gasteiger partial charge in [-0.1, -0.05) is 41.4 Å². The van der Waals surface area contributed by atoms with Gasteiger partial charge in [-0.25, -0.2) is 4.98 Å². The first-order valence-corrected chi connectivity index (χ1v) is 9.59. The number of nitrogens with one attached hydrogen (secondary N) is 1.